The Morgan fingerprint density at radius 1 is 1.33 bits per heavy atom. The van der Waals surface area contributed by atoms with Crippen LogP contribution in [0.2, 0.25) is 0 Å². The van der Waals surface area contributed by atoms with Crippen LogP contribution in [0.3, 0.4) is 0 Å². The molecule has 0 saturated heterocycles. The highest BCUT2D eigenvalue weighted by atomic mass is 32.2. The SMILES string of the molecule is CC(C)CN(CCC#N)S(=O)(=O)c1cc(N)c(F)cc1F. The summed E-state index contributed by atoms with van der Waals surface area (Å²) in [7, 11) is -4.18. The first-order valence-electron chi connectivity index (χ1n) is 6.31. The minimum Gasteiger partial charge on any atom is -0.396 e. The molecule has 0 radical (unpaired) electrons. The van der Waals surface area contributed by atoms with Gasteiger partial charge in [0, 0.05) is 25.6 Å². The molecular weight excluding hydrogens is 300 g/mol. The molecule has 1 aromatic rings. The van der Waals surface area contributed by atoms with Gasteiger partial charge in [-0.25, -0.2) is 17.2 Å². The quantitative estimate of drug-likeness (QED) is 0.814. The van der Waals surface area contributed by atoms with Gasteiger partial charge in [0.2, 0.25) is 10.0 Å². The smallest absolute Gasteiger partial charge is 0.246 e. The second kappa shape index (κ2) is 6.83. The molecule has 0 amide bonds. The van der Waals surface area contributed by atoms with Crippen molar-refractivity contribution in [2.75, 3.05) is 18.8 Å². The number of rotatable bonds is 6. The number of nitrogens with zero attached hydrogens (tertiary/aromatic N) is 2. The number of halogens is 2. The largest absolute Gasteiger partial charge is 0.396 e. The average Bonchev–Trinajstić information content (AvgIpc) is 2.38. The van der Waals surface area contributed by atoms with Crippen molar-refractivity contribution in [1.82, 2.24) is 4.31 Å². The molecule has 0 saturated carbocycles. The maximum Gasteiger partial charge on any atom is 0.246 e. The molecule has 21 heavy (non-hydrogen) atoms. The Balaban J connectivity index is 3.28. The molecule has 1 aromatic carbocycles. The van der Waals surface area contributed by atoms with E-state index in [1.807, 2.05) is 6.07 Å². The molecule has 0 fully saturated rings. The van der Waals surface area contributed by atoms with Crippen LogP contribution < -0.4 is 5.73 Å². The van der Waals surface area contributed by atoms with Crippen LogP contribution in [0, 0.1) is 28.9 Å². The summed E-state index contributed by atoms with van der Waals surface area (Å²) in [4.78, 5) is -0.681. The number of nitriles is 1. The second-order valence-corrected chi connectivity index (χ2v) is 6.88. The van der Waals surface area contributed by atoms with Crippen molar-refractivity contribution >= 4 is 15.7 Å². The summed E-state index contributed by atoms with van der Waals surface area (Å²) >= 11 is 0. The first kappa shape index (κ1) is 17.3. The summed E-state index contributed by atoms with van der Waals surface area (Å²) in [6.07, 6.45) is -0.0236. The van der Waals surface area contributed by atoms with Crippen molar-refractivity contribution in [3.05, 3.63) is 23.8 Å². The van der Waals surface area contributed by atoms with E-state index in [-0.39, 0.29) is 25.4 Å². The molecule has 0 bridgehead atoms. The first-order chi connectivity index (χ1) is 9.70. The van der Waals surface area contributed by atoms with Gasteiger partial charge in [-0.3, -0.25) is 0 Å². The predicted molar refractivity (Wildman–Crippen MR) is 74.6 cm³/mol. The van der Waals surface area contributed by atoms with Gasteiger partial charge in [-0.2, -0.15) is 9.57 Å². The number of sulfonamides is 1. The van der Waals surface area contributed by atoms with E-state index in [2.05, 4.69) is 0 Å². The monoisotopic (exact) mass is 317 g/mol. The molecule has 0 atom stereocenters. The van der Waals surface area contributed by atoms with Gasteiger partial charge in [0.15, 0.2) is 0 Å². The fraction of sp³-hybridized carbons (Fsp3) is 0.462. The highest BCUT2D eigenvalue weighted by Crippen LogP contribution is 2.24. The molecular formula is C13H17F2N3O2S. The summed E-state index contributed by atoms with van der Waals surface area (Å²) in [6.45, 7) is 3.66. The Kier molecular flexibility index (Phi) is 5.63. The van der Waals surface area contributed by atoms with E-state index in [1.54, 1.807) is 13.8 Å². The van der Waals surface area contributed by atoms with Crippen molar-refractivity contribution in [1.29, 1.82) is 5.26 Å². The molecule has 8 heteroatoms. The Labute approximate surface area is 123 Å². The van der Waals surface area contributed by atoms with Gasteiger partial charge < -0.3 is 5.73 Å². The third kappa shape index (κ3) is 4.12. The highest BCUT2D eigenvalue weighted by molar-refractivity contribution is 7.89. The van der Waals surface area contributed by atoms with Crippen LogP contribution in [0.25, 0.3) is 0 Å². The molecule has 0 spiro atoms. The number of nitrogens with two attached hydrogens (primary N) is 1. The Morgan fingerprint density at radius 3 is 2.48 bits per heavy atom. The van der Waals surface area contributed by atoms with Crippen molar-refractivity contribution < 1.29 is 17.2 Å². The van der Waals surface area contributed by atoms with E-state index < -0.39 is 32.2 Å². The number of nitrogen functional groups attached to an aromatic ring is 1. The lowest BCUT2D eigenvalue weighted by molar-refractivity contribution is 0.370. The summed E-state index contributed by atoms with van der Waals surface area (Å²) in [5.74, 6) is -2.23. The van der Waals surface area contributed by atoms with Crippen LogP contribution in [0.4, 0.5) is 14.5 Å². The van der Waals surface area contributed by atoms with E-state index in [1.165, 1.54) is 0 Å². The van der Waals surface area contributed by atoms with Crippen LogP contribution in [0.5, 0.6) is 0 Å². The van der Waals surface area contributed by atoms with Crippen LogP contribution in [0.15, 0.2) is 17.0 Å². The predicted octanol–water partition coefficient (Wildman–Crippen LogP) is 2.11. The molecule has 0 aliphatic carbocycles. The van der Waals surface area contributed by atoms with E-state index in [9.17, 15) is 17.2 Å². The summed E-state index contributed by atoms with van der Waals surface area (Å²) in [6, 6.07) is 3.05. The lowest BCUT2D eigenvalue weighted by atomic mass is 10.2. The van der Waals surface area contributed by atoms with Crippen molar-refractivity contribution in [2.24, 2.45) is 5.92 Å². The van der Waals surface area contributed by atoms with E-state index in [0.717, 1.165) is 10.4 Å². The lowest BCUT2D eigenvalue weighted by Crippen LogP contribution is -2.35. The van der Waals surface area contributed by atoms with Gasteiger partial charge in [0.05, 0.1) is 11.8 Å². The number of hydrogen-bond acceptors (Lipinski definition) is 4. The lowest BCUT2D eigenvalue weighted by Gasteiger charge is -2.23. The zero-order chi connectivity index (χ0) is 16.2. The zero-order valence-corrected chi connectivity index (χ0v) is 12.6. The third-order valence-electron chi connectivity index (χ3n) is 2.71. The van der Waals surface area contributed by atoms with Crippen LogP contribution >= 0.6 is 0 Å². The molecule has 116 valence electrons. The topological polar surface area (TPSA) is 87.2 Å². The van der Waals surface area contributed by atoms with Gasteiger partial charge in [-0.15, -0.1) is 0 Å². The van der Waals surface area contributed by atoms with Gasteiger partial charge in [-0.1, -0.05) is 13.8 Å². The molecule has 2 N–H and O–H groups in total. The Morgan fingerprint density at radius 2 is 1.95 bits per heavy atom. The van der Waals surface area contributed by atoms with E-state index in [4.69, 9.17) is 11.0 Å². The second-order valence-electron chi connectivity index (χ2n) is 4.97. The summed E-state index contributed by atoms with van der Waals surface area (Å²) < 4.78 is 52.8. The third-order valence-corrected chi connectivity index (χ3v) is 4.59. The normalized spacial score (nSPS) is 11.9. The van der Waals surface area contributed by atoms with E-state index >= 15 is 0 Å². The Bertz CT molecular complexity index is 654. The van der Waals surface area contributed by atoms with Crippen LogP contribution in [0.1, 0.15) is 20.3 Å². The van der Waals surface area contributed by atoms with Crippen molar-refractivity contribution in [3.63, 3.8) is 0 Å². The molecule has 1 rings (SSSR count). The van der Waals surface area contributed by atoms with Gasteiger partial charge in [-0.05, 0) is 12.0 Å². The van der Waals surface area contributed by atoms with Gasteiger partial charge >= 0.3 is 0 Å². The number of benzene rings is 1. The summed E-state index contributed by atoms with van der Waals surface area (Å²) in [5, 5.41) is 8.61. The van der Waals surface area contributed by atoms with E-state index in [0.29, 0.717) is 6.07 Å². The van der Waals surface area contributed by atoms with Gasteiger partial charge in [0.1, 0.15) is 16.5 Å². The molecule has 0 aliphatic rings. The minimum absolute atomic E-state index is 0.0145. The zero-order valence-electron chi connectivity index (χ0n) is 11.8. The van der Waals surface area contributed by atoms with Crippen LogP contribution in [-0.4, -0.2) is 25.8 Å². The maximum atomic E-state index is 13.8. The Hall–Kier alpha value is -1.72. The maximum absolute atomic E-state index is 13.8. The fourth-order valence-electron chi connectivity index (χ4n) is 1.77. The van der Waals surface area contributed by atoms with Gasteiger partial charge in [0.25, 0.3) is 0 Å². The van der Waals surface area contributed by atoms with Crippen molar-refractivity contribution in [3.8, 4) is 6.07 Å². The highest BCUT2D eigenvalue weighted by Gasteiger charge is 2.28. The molecule has 0 aliphatic heterocycles. The molecule has 0 heterocycles. The minimum atomic E-state index is -4.18. The first-order valence-corrected chi connectivity index (χ1v) is 7.75. The van der Waals surface area contributed by atoms with Crippen LogP contribution in [-0.2, 0) is 10.0 Å². The van der Waals surface area contributed by atoms with Crippen molar-refractivity contribution in [2.45, 2.75) is 25.2 Å². The molecule has 0 aromatic heterocycles. The molecule has 5 nitrogen and oxygen atoms in total. The number of hydrogen-bond donors (Lipinski definition) is 1. The standard InChI is InChI=1S/C13H17F2N3O2S/c1-9(2)8-18(5-3-4-16)21(19,20)13-7-12(17)10(14)6-11(13)15/h6-7,9H,3,5,8,17H2,1-2H3. The summed E-state index contributed by atoms with van der Waals surface area (Å²) in [5.41, 5.74) is 4.87. The average molecular weight is 317 g/mol. The number of anilines is 1. The fourth-order valence-corrected chi connectivity index (χ4v) is 3.46. The molecule has 0 unspecified atom stereocenters.